The van der Waals surface area contributed by atoms with Crippen molar-refractivity contribution in [3.8, 4) is 0 Å². The molecule has 0 N–H and O–H groups in total. The third-order valence-electron chi connectivity index (χ3n) is 3.67. The van der Waals surface area contributed by atoms with Crippen LogP contribution in [0.5, 0.6) is 0 Å². The minimum absolute atomic E-state index is 0.244. The summed E-state index contributed by atoms with van der Waals surface area (Å²) in [7, 11) is 0. The summed E-state index contributed by atoms with van der Waals surface area (Å²) >= 11 is 5.89. The van der Waals surface area contributed by atoms with Gasteiger partial charge in [-0.15, -0.1) is 0 Å². The summed E-state index contributed by atoms with van der Waals surface area (Å²) in [5.74, 6) is 0.214. The zero-order valence-corrected chi connectivity index (χ0v) is 12.4. The van der Waals surface area contributed by atoms with E-state index >= 15 is 0 Å². The molecule has 0 saturated carbocycles. The summed E-state index contributed by atoms with van der Waals surface area (Å²) in [6.45, 7) is 2.43. The fraction of sp³-hybridized carbons (Fsp3) is 0.312. The topological polar surface area (TPSA) is 33.5 Å². The van der Waals surface area contributed by atoms with Gasteiger partial charge < -0.3 is 9.32 Å². The first-order valence-corrected chi connectivity index (χ1v) is 7.36. The van der Waals surface area contributed by atoms with Crippen LogP contribution < -0.4 is 4.90 Å². The van der Waals surface area contributed by atoms with Crippen molar-refractivity contribution in [1.82, 2.24) is 0 Å². The highest BCUT2D eigenvalue weighted by molar-refractivity contribution is 6.30. The molecule has 0 bridgehead atoms. The van der Waals surface area contributed by atoms with Gasteiger partial charge >= 0.3 is 0 Å². The van der Waals surface area contributed by atoms with E-state index in [0.717, 1.165) is 24.2 Å². The molecule has 5 heteroatoms. The number of nitrogens with zero attached hydrogens (tertiary/aromatic N) is 1. The van der Waals surface area contributed by atoms with E-state index < -0.39 is 5.82 Å². The Morgan fingerprint density at radius 3 is 2.95 bits per heavy atom. The van der Waals surface area contributed by atoms with Gasteiger partial charge in [-0.1, -0.05) is 18.5 Å². The van der Waals surface area contributed by atoms with Crippen LogP contribution in [-0.2, 0) is 12.8 Å². The molecule has 1 aromatic heterocycles. The summed E-state index contributed by atoms with van der Waals surface area (Å²) in [4.78, 5) is 14.0. The molecule has 110 valence electrons. The summed E-state index contributed by atoms with van der Waals surface area (Å²) in [6, 6.07) is 6.38. The summed E-state index contributed by atoms with van der Waals surface area (Å²) in [5, 5.41) is 0.354. The minimum atomic E-state index is -0.465. The Morgan fingerprint density at radius 1 is 1.43 bits per heavy atom. The Hall–Kier alpha value is -1.81. The standard InChI is InChI=1S/C16H15ClFNO2/c1-2-12-5-6-14(21-12)16(20)19-7-3-4-10-8-11(17)9-13(18)15(10)19/h5-6,8-9H,2-4,7H2,1H3. The van der Waals surface area contributed by atoms with E-state index in [0.29, 0.717) is 23.7 Å². The van der Waals surface area contributed by atoms with Gasteiger partial charge in [-0.05, 0) is 42.7 Å². The van der Waals surface area contributed by atoms with Crippen LogP contribution in [0.15, 0.2) is 28.7 Å². The van der Waals surface area contributed by atoms with E-state index in [9.17, 15) is 9.18 Å². The predicted molar refractivity (Wildman–Crippen MR) is 79.5 cm³/mol. The van der Waals surface area contributed by atoms with Crippen LogP contribution in [0.3, 0.4) is 0 Å². The monoisotopic (exact) mass is 307 g/mol. The largest absolute Gasteiger partial charge is 0.456 e. The lowest BCUT2D eigenvalue weighted by Crippen LogP contribution is -2.36. The molecule has 0 atom stereocenters. The second-order valence-corrected chi connectivity index (χ2v) is 5.51. The molecule has 21 heavy (non-hydrogen) atoms. The quantitative estimate of drug-likeness (QED) is 0.832. The molecule has 0 saturated heterocycles. The maximum atomic E-state index is 14.2. The van der Waals surface area contributed by atoms with Crippen LogP contribution >= 0.6 is 11.6 Å². The zero-order chi connectivity index (χ0) is 15.0. The molecule has 0 unspecified atom stereocenters. The molecule has 3 nitrogen and oxygen atoms in total. The molecule has 3 rings (SSSR count). The smallest absolute Gasteiger partial charge is 0.294 e. The normalized spacial score (nSPS) is 14.1. The Balaban J connectivity index is 2.00. The number of benzene rings is 1. The second kappa shape index (κ2) is 5.53. The van der Waals surface area contributed by atoms with Gasteiger partial charge in [-0.25, -0.2) is 4.39 Å². The summed E-state index contributed by atoms with van der Waals surface area (Å²) in [5.41, 5.74) is 1.09. The molecule has 1 aliphatic heterocycles. The number of hydrogen-bond donors (Lipinski definition) is 0. The van der Waals surface area contributed by atoms with Crippen LogP contribution in [-0.4, -0.2) is 12.5 Å². The minimum Gasteiger partial charge on any atom is -0.456 e. The molecule has 0 aliphatic carbocycles. The fourth-order valence-corrected chi connectivity index (χ4v) is 2.90. The van der Waals surface area contributed by atoms with Crippen molar-refractivity contribution >= 4 is 23.2 Å². The van der Waals surface area contributed by atoms with Crippen molar-refractivity contribution in [3.63, 3.8) is 0 Å². The summed E-state index contributed by atoms with van der Waals surface area (Å²) < 4.78 is 19.7. The molecule has 2 aromatic rings. The van der Waals surface area contributed by atoms with E-state index in [4.69, 9.17) is 16.0 Å². The first-order valence-electron chi connectivity index (χ1n) is 6.98. The molecule has 1 amide bonds. The van der Waals surface area contributed by atoms with Crippen LogP contribution in [0.25, 0.3) is 0 Å². The zero-order valence-electron chi connectivity index (χ0n) is 11.7. The molecule has 1 aliphatic rings. The third kappa shape index (κ3) is 2.56. The van der Waals surface area contributed by atoms with Gasteiger partial charge in [-0.2, -0.15) is 0 Å². The van der Waals surface area contributed by atoms with Crippen LogP contribution in [0.4, 0.5) is 10.1 Å². The van der Waals surface area contributed by atoms with Gasteiger partial charge in [0.25, 0.3) is 5.91 Å². The van der Waals surface area contributed by atoms with Crippen LogP contribution in [0, 0.1) is 5.82 Å². The van der Waals surface area contributed by atoms with E-state index in [1.54, 1.807) is 18.2 Å². The van der Waals surface area contributed by atoms with Gasteiger partial charge in [-0.3, -0.25) is 4.79 Å². The number of fused-ring (bicyclic) bond motifs is 1. The number of carbonyl (C=O) groups excluding carboxylic acids is 1. The van der Waals surface area contributed by atoms with Crippen molar-refractivity contribution in [2.75, 3.05) is 11.4 Å². The van der Waals surface area contributed by atoms with Crippen LogP contribution in [0.1, 0.15) is 35.2 Å². The van der Waals surface area contributed by atoms with Crippen molar-refractivity contribution in [3.05, 3.63) is 52.2 Å². The summed E-state index contributed by atoms with van der Waals surface area (Å²) in [6.07, 6.45) is 2.21. The molecule has 2 heterocycles. The Labute approximate surface area is 127 Å². The molecular formula is C16H15ClFNO2. The SMILES string of the molecule is CCc1ccc(C(=O)N2CCCc3cc(Cl)cc(F)c32)o1. The highest BCUT2D eigenvalue weighted by atomic mass is 35.5. The van der Waals surface area contributed by atoms with Crippen molar-refractivity contribution in [2.24, 2.45) is 0 Å². The second-order valence-electron chi connectivity index (χ2n) is 5.08. The van der Waals surface area contributed by atoms with E-state index in [-0.39, 0.29) is 11.7 Å². The van der Waals surface area contributed by atoms with Gasteiger partial charge in [0.15, 0.2) is 5.76 Å². The number of furan rings is 1. The third-order valence-corrected chi connectivity index (χ3v) is 3.89. The van der Waals surface area contributed by atoms with E-state index in [1.807, 2.05) is 6.92 Å². The fourth-order valence-electron chi connectivity index (χ4n) is 2.67. The lowest BCUT2D eigenvalue weighted by atomic mass is 10.0. The van der Waals surface area contributed by atoms with Crippen molar-refractivity contribution < 1.29 is 13.6 Å². The number of aryl methyl sites for hydroxylation is 2. The highest BCUT2D eigenvalue weighted by Crippen LogP contribution is 2.33. The van der Waals surface area contributed by atoms with Gasteiger partial charge in [0.1, 0.15) is 11.6 Å². The van der Waals surface area contributed by atoms with E-state index in [1.165, 1.54) is 11.0 Å². The number of halogens is 2. The van der Waals surface area contributed by atoms with Crippen molar-refractivity contribution in [2.45, 2.75) is 26.2 Å². The first kappa shape index (κ1) is 14.1. The number of amides is 1. The Kier molecular flexibility index (Phi) is 3.72. The highest BCUT2D eigenvalue weighted by Gasteiger charge is 2.28. The van der Waals surface area contributed by atoms with Gasteiger partial charge in [0.2, 0.25) is 0 Å². The number of carbonyl (C=O) groups is 1. The predicted octanol–water partition coefficient (Wildman–Crippen LogP) is 4.23. The first-order chi connectivity index (χ1) is 10.1. The van der Waals surface area contributed by atoms with Gasteiger partial charge in [0, 0.05) is 18.0 Å². The molecule has 0 radical (unpaired) electrons. The lowest BCUT2D eigenvalue weighted by Gasteiger charge is -2.29. The Morgan fingerprint density at radius 2 is 2.24 bits per heavy atom. The molecule has 0 fully saturated rings. The lowest BCUT2D eigenvalue weighted by molar-refractivity contribution is 0.0956. The van der Waals surface area contributed by atoms with Crippen LogP contribution in [0.2, 0.25) is 5.02 Å². The number of rotatable bonds is 2. The number of hydrogen-bond acceptors (Lipinski definition) is 2. The number of anilines is 1. The van der Waals surface area contributed by atoms with Gasteiger partial charge in [0.05, 0.1) is 5.69 Å². The molecular weight excluding hydrogens is 293 g/mol. The Bertz CT molecular complexity index is 696. The van der Waals surface area contributed by atoms with E-state index in [2.05, 4.69) is 0 Å². The molecule has 1 aromatic carbocycles. The molecule has 0 spiro atoms. The average molecular weight is 308 g/mol. The maximum absolute atomic E-state index is 14.2. The average Bonchev–Trinajstić information content (AvgIpc) is 2.94. The maximum Gasteiger partial charge on any atom is 0.294 e. The van der Waals surface area contributed by atoms with Crippen molar-refractivity contribution in [1.29, 1.82) is 0 Å².